The summed E-state index contributed by atoms with van der Waals surface area (Å²) in [6, 6.07) is 10.6. The number of imide groups is 1. The minimum atomic E-state index is -0.687. The normalized spacial score (nSPS) is 27.7. The fraction of sp³-hybridized carbons (Fsp3) is 0.375. The zero-order valence-corrected chi connectivity index (χ0v) is 18.3. The summed E-state index contributed by atoms with van der Waals surface area (Å²) >= 11 is 1.38. The van der Waals surface area contributed by atoms with Crippen LogP contribution in [0.4, 0.5) is 5.69 Å². The Morgan fingerprint density at radius 1 is 1.00 bits per heavy atom. The van der Waals surface area contributed by atoms with E-state index < -0.39 is 23.4 Å². The highest BCUT2D eigenvalue weighted by Crippen LogP contribution is 2.51. The number of carbonyl (C=O) groups excluding carboxylic acids is 3. The third-order valence-electron chi connectivity index (χ3n) is 6.46. The predicted molar refractivity (Wildman–Crippen MR) is 117 cm³/mol. The zero-order valence-electron chi connectivity index (χ0n) is 17.5. The molecule has 0 aliphatic carbocycles. The van der Waals surface area contributed by atoms with Crippen LogP contribution >= 0.6 is 11.3 Å². The van der Waals surface area contributed by atoms with E-state index in [0.29, 0.717) is 4.88 Å². The number of Topliss-reactive ketones (excluding diaryl/α,β-unsaturated/α-hetero) is 1. The molecular weight excluding hydrogens is 396 g/mol. The number of allylic oxidation sites excluding steroid dienone is 1. The smallest absolute Gasteiger partial charge is 0.236 e. The summed E-state index contributed by atoms with van der Waals surface area (Å²) in [5, 5.41) is 1.87. The fourth-order valence-electron chi connectivity index (χ4n) is 5.32. The Balaban J connectivity index is 1.71. The number of likely N-dealkylation sites (tertiary alicyclic amines) is 1. The molecule has 1 aromatic heterocycles. The molecular formula is C24H24N2O3S. The number of hydrogen-bond acceptors (Lipinski definition) is 5. The number of amides is 2. The van der Waals surface area contributed by atoms with E-state index in [1.165, 1.54) is 16.2 Å². The minimum Gasteiger partial charge on any atom is -0.352 e. The van der Waals surface area contributed by atoms with E-state index in [1.54, 1.807) is 6.07 Å². The molecule has 2 fully saturated rings. The van der Waals surface area contributed by atoms with E-state index in [4.69, 9.17) is 0 Å². The van der Waals surface area contributed by atoms with E-state index in [9.17, 15) is 14.4 Å². The maximum absolute atomic E-state index is 13.7. The van der Waals surface area contributed by atoms with Gasteiger partial charge in [-0.15, -0.1) is 11.3 Å². The fourth-order valence-corrected chi connectivity index (χ4v) is 6.02. The first-order valence-electron chi connectivity index (χ1n) is 10.2. The molecule has 2 saturated heterocycles. The van der Waals surface area contributed by atoms with Crippen LogP contribution in [0.1, 0.15) is 42.9 Å². The molecule has 30 heavy (non-hydrogen) atoms. The number of rotatable bonds is 2. The van der Waals surface area contributed by atoms with Crippen LogP contribution in [-0.2, 0) is 9.59 Å². The highest BCUT2D eigenvalue weighted by Gasteiger charge is 2.65. The Morgan fingerprint density at radius 3 is 2.37 bits per heavy atom. The quantitative estimate of drug-likeness (QED) is 0.544. The topological polar surface area (TPSA) is 57.7 Å². The van der Waals surface area contributed by atoms with Crippen molar-refractivity contribution in [2.24, 2.45) is 11.8 Å². The number of ketones is 1. The van der Waals surface area contributed by atoms with Crippen molar-refractivity contribution in [1.82, 2.24) is 4.90 Å². The summed E-state index contributed by atoms with van der Waals surface area (Å²) in [4.78, 5) is 44.8. The van der Waals surface area contributed by atoms with Crippen molar-refractivity contribution in [2.45, 2.75) is 45.3 Å². The summed E-state index contributed by atoms with van der Waals surface area (Å²) in [6.45, 7) is 7.64. The zero-order chi connectivity index (χ0) is 21.4. The molecule has 0 bridgehead atoms. The van der Waals surface area contributed by atoms with Crippen LogP contribution in [-0.4, -0.2) is 40.1 Å². The lowest BCUT2D eigenvalue weighted by atomic mass is 9.86. The average Bonchev–Trinajstić information content (AvgIpc) is 3.38. The molecule has 6 heteroatoms. The standard InChI is InChI=1S/C24H24N2O3S/c1-13-12-16-18-19(23(29)26(22(18)28)24(2,3)4)20(21(27)17-10-7-11-30-17)25(16)15-9-6-5-8-14(13)15/h5-12,16,18-20H,1-4H3/t16-,18-,19-,20+/m0/s1. The van der Waals surface area contributed by atoms with Gasteiger partial charge < -0.3 is 4.90 Å². The number of nitrogens with zero attached hydrogens (tertiary/aromatic N) is 2. The van der Waals surface area contributed by atoms with E-state index in [-0.39, 0.29) is 23.6 Å². The van der Waals surface area contributed by atoms with Crippen molar-refractivity contribution in [1.29, 1.82) is 0 Å². The molecule has 5 rings (SSSR count). The van der Waals surface area contributed by atoms with Gasteiger partial charge in [0.1, 0.15) is 6.04 Å². The van der Waals surface area contributed by atoms with Crippen molar-refractivity contribution >= 4 is 40.2 Å². The molecule has 154 valence electrons. The number of anilines is 1. The highest BCUT2D eigenvalue weighted by molar-refractivity contribution is 7.12. The van der Waals surface area contributed by atoms with Gasteiger partial charge in [0.25, 0.3) is 0 Å². The van der Waals surface area contributed by atoms with Crippen molar-refractivity contribution in [3.05, 3.63) is 58.3 Å². The maximum atomic E-state index is 13.7. The Hall–Kier alpha value is -2.73. The molecule has 5 nitrogen and oxygen atoms in total. The molecule has 2 aromatic rings. The lowest BCUT2D eigenvalue weighted by Gasteiger charge is -2.39. The van der Waals surface area contributed by atoms with E-state index in [0.717, 1.165) is 16.8 Å². The van der Waals surface area contributed by atoms with Gasteiger partial charge in [0.15, 0.2) is 5.78 Å². The largest absolute Gasteiger partial charge is 0.352 e. The van der Waals surface area contributed by atoms with Gasteiger partial charge in [-0.25, -0.2) is 0 Å². The summed E-state index contributed by atoms with van der Waals surface area (Å²) < 4.78 is 0. The van der Waals surface area contributed by atoms with Crippen LogP contribution in [0.15, 0.2) is 47.9 Å². The lowest BCUT2D eigenvalue weighted by molar-refractivity contribution is -0.145. The molecule has 3 aliphatic heterocycles. The predicted octanol–water partition coefficient (Wildman–Crippen LogP) is 4.00. The number of para-hydroxylation sites is 1. The summed E-state index contributed by atoms with van der Waals surface area (Å²) in [7, 11) is 0. The minimum absolute atomic E-state index is 0.0813. The van der Waals surface area contributed by atoms with Gasteiger partial charge in [-0.2, -0.15) is 0 Å². The van der Waals surface area contributed by atoms with E-state index in [1.807, 2.05) is 68.3 Å². The summed E-state index contributed by atoms with van der Waals surface area (Å²) in [5.41, 5.74) is 2.43. The first-order valence-corrected chi connectivity index (χ1v) is 11.1. The van der Waals surface area contributed by atoms with Crippen LogP contribution < -0.4 is 4.90 Å². The molecule has 0 radical (unpaired) electrons. The molecule has 4 atom stereocenters. The SMILES string of the molecule is CC1=C[C@H]2[C@@H]3C(=O)N(C(C)(C)C)C(=O)[C@@H]3[C@H](C(=O)c3cccs3)N2c2ccccc21. The van der Waals surface area contributed by atoms with Gasteiger partial charge in [0.2, 0.25) is 11.8 Å². The second-order valence-electron chi connectivity index (χ2n) is 9.29. The number of carbonyl (C=O) groups is 3. The third-order valence-corrected chi connectivity index (χ3v) is 7.34. The second-order valence-corrected chi connectivity index (χ2v) is 10.2. The Labute approximate surface area is 180 Å². The molecule has 1 aromatic carbocycles. The molecule has 2 amide bonds. The van der Waals surface area contributed by atoms with Crippen LogP contribution in [0.5, 0.6) is 0 Å². The number of hydrogen-bond donors (Lipinski definition) is 0. The first kappa shape index (κ1) is 19.2. The second kappa shape index (κ2) is 6.38. The summed E-state index contributed by atoms with van der Waals surface area (Å²) in [5.74, 6) is -1.70. The number of fused-ring (bicyclic) bond motifs is 5. The molecule has 0 N–H and O–H groups in total. The van der Waals surface area contributed by atoms with Crippen LogP contribution in [0.25, 0.3) is 5.57 Å². The van der Waals surface area contributed by atoms with Crippen molar-refractivity contribution in [2.75, 3.05) is 4.90 Å². The average molecular weight is 421 g/mol. The van der Waals surface area contributed by atoms with Crippen LogP contribution in [0.2, 0.25) is 0 Å². The Kier molecular flexibility index (Phi) is 4.09. The van der Waals surface area contributed by atoms with Crippen LogP contribution in [0.3, 0.4) is 0 Å². The van der Waals surface area contributed by atoms with Gasteiger partial charge in [0.05, 0.1) is 22.8 Å². The molecule has 4 heterocycles. The lowest BCUT2D eigenvalue weighted by Crippen LogP contribution is -2.52. The number of benzene rings is 1. The van der Waals surface area contributed by atoms with Gasteiger partial charge in [-0.3, -0.25) is 19.3 Å². The third kappa shape index (κ3) is 2.49. The molecule has 3 aliphatic rings. The first-order chi connectivity index (χ1) is 14.2. The van der Waals surface area contributed by atoms with E-state index >= 15 is 0 Å². The summed E-state index contributed by atoms with van der Waals surface area (Å²) in [6.07, 6.45) is 2.07. The molecule has 0 spiro atoms. The van der Waals surface area contributed by atoms with Crippen molar-refractivity contribution < 1.29 is 14.4 Å². The van der Waals surface area contributed by atoms with Crippen LogP contribution in [0, 0.1) is 11.8 Å². The number of thiophene rings is 1. The monoisotopic (exact) mass is 420 g/mol. The van der Waals surface area contributed by atoms with Gasteiger partial charge >= 0.3 is 0 Å². The van der Waals surface area contributed by atoms with Gasteiger partial charge in [-0.05, 0) is 50.8 Å². The highest BCUT2D eigenvalue weighted by atomic mass is 32.1. The van der Waals surface area contributed by atoms with E-state index in [2.05, 4.69) is 6.08 Å². The van der Waals surface area contributed by atoms with Gasteiger partial charge in [0, 0.05) is 16.8 Å². The Morgan fingerprint density at radius 2 is 1.70 bits per heavy atom. The molecule has 0 unspecified atom stereocenters. The molecule has 0 saturated carbocycles. The van der Waals surface area contributed by atoms with Crippen molar-refractivity contribution in [3.63, 3.8) is 0 Å². The van der Waals surface area contributed by atoms with Gasteiger partial charge in [-0.1, -0.05) is 30.3 Å². The van der Waals surface area contributed by atoms with Crippen molar-refractivity contribution in [3.8, 4) is 0 Å². The maximum Gasteiger partial charge on any atom is 0.236 e. The Bertz CT molecular complexity index is 1100.